The number of rotatable bonds is 9. The highest BCUT2D eigenvalue weighted by Gasteiger charge is 2.06. The first-order chi connectivity index (χ1) is 9.27. The van der Waals surface area contributed by atoms with E-state index in [-0.39, 0.29) is 6.61 Å². The molecular weight excluding hydrogens is 244 g/mol. The van der Waals surface area contributed by atoms with Gasteiger partial charge in [0.05, 0.1) is 31.0 Å². The fraction of sp³-hybridized carbons (Fsp3) is 0.500. The predicted octanol–water partition coefficient (Wildman–Crippen LogP) is 0.580. The average Bonchev–Trinajstić information content (AvgIpc) is 2.46. The molecule has 19 heavy (non-hydrogen) atoms. The molecule has 0 radical (unpaired) electrons. The van der Waals surface area contributed by atoms with Crippen LogP contribution >= 0.6 is 0 Å². The van der Waals surface area contributed by atoms with Crippen molar-refractivity contribution in [1.29, 1.82) is 5.26 Å². The first-order valence-corrected chi connectivity index (χ1v) is 6.35. The lowest BCUT2D eigenvalue weighted by Crippen LogP contribution is -2.23. The zero-order chi connectivity index (χ0) is 13.9. The van der Waals surface area contributed by atoms with Gasteiger partial charge >= 0.3 is 0 Å². The highest BCUT2D eigenvalue weighted by molar-refractivity contribution is 5.32. The Hall–Kier alpha value is -1.45. The van der Waals surface area contributed by atoms with Crippen LogP contribution in [0.1, 0.15) is 23.7 Å². The lowest BCUT2D eigenvalue weighted by atomic mass is 10.1. The zero-order valence-corrected chi connectivity index (χ0v) is 10.9. The Bertz CT molecular complexity index is 387. The molecule has 0 bridgehead atoms. The van der Waals surface area contributed by atoms with Gasteiger partial charge in [0.25, 0.3) is 0 Å². The highest BCUT2D eigenvalue weighted by atomic mass is 16.5. The van der Waals surface area contributed by atoms with Crippen LogP contribution in [0.15, 0.2) is 24.3 Å². The molecule has 0 fully saturated rings. The van der Waals surface area contributed by atoms with E-state index >= 15 is 0 Å². The molecule has 0 aliphatic heterocycles. The fourth-order valence-corrected chi connectivity index (χ4v) is 1.60. The molecule has 0 heterocycles. The molecule has 0 aliphatic carbocycles. The van der Waals surface area contributed by atoms with Gasteiger partial charge in [-0.15, -0.1) is 0 Å². The predicted molar refractivity (Wildman–Crippen MR) is 71.5 cm³/mol. The summed E-state index contributed by atoms with van der Waals surface area (Å²) in [4.78, 5) is 0. The van der Waals surface area contributed by atoms with E-state index in [1.807, 2.05) is 6.07 Å². The number of benzene rings is 1. The molecule has 0 saturated carbocycles. The average molecular weight is 264 g/mol. The molecule has 0 amide bonds. The van der Waals surface area contributed by atoms with Gasteiger partial charge in [-0.1, -0.05) is 12.1 Å². The van der Waals surface area contributed by atoms with Crippen molar-refractivity contribution in [3.8, 4) is 6.07 Å². The number of ether oxygens (including phenoxy) is 1. The van der Waals surface area contributed by atoms with Crippen molar-refractivity contribution in [3.63, 3.8) is 0 Å². The minimum Gasteiger partial charge on any atom is -0.394 e. The van der Waals surface area contributed by atoms with Gasteiger partial charge in [-0.05, 0) is 30.7 Å². The Labute approximate surface area is 113 Å². The standard InChI is InChI=1S/C14H20N2O3/c15-10-12-2-4-13(5-3-12)14(18)11-16-6-1-8-19-9-7-17/h2-5,14,16-18H,1,6-9,11H2. The van der Waals surface area contributed by atoms with Crippen molar-refractivity contribution in [3.05, 3.63) is 35.4 Å². The van der Waals surface area contributed by atoms with Crippen LogP contribution in [0, 0.1) is 11.3 Å². The van der Waals surface area contributed by atoms with E-state index in [1.54, 1.807) is 24.3 Å². The van der Waals surface area contributed by atoms with Crippen LogP contribution < -0.4 is 5.32 Å². The van der Waals surface area contributed by atoms with Gasteiger partial charge in [-0.3, -0.25) is 0 Å². The molecule has 0 aromatic heterocycles. The van der Waals surface area contributed by atoms with Crippen molar-refractivity contribution < 1.29 is 14.9 Å². The number of nitrogens with zero attached hydrogens (tertiary/aromatic N) is 1. The number of hydrogen-bond acceptors (Lipinski definition) is 5. The minimum absolute atomic E-state index is 0.0465. The van der Waals surface area contributed by atoms with Crippen molar-refractivity contribution >= 4 is 0 Å². The smallest absolute Gasteiger partial charge is 0.0991 e. The second-order valence-electron chi connectivity index (χ2n) is 4.14. The van der Waals surface area contributed by atoms with Crippen LogP contribution in [0.2, 0.25) is 0 Å². The van der Waals surface area contributed by atoms with Crippen molar-refractivity contribution in [2.45, 2.75) is 12.5 Å². The second kappa shape index (κ2) is 9.48. The van der Waals surface area contributed by atoms with Gasteiger partial charge in [0.2, 0.25) is 0 Å². The highest BCUT2D eigenvalue weighted by Crippen LogP contribution is 2.12. The first kappa shape index (κ1) is 15.6. The molecule has 5 nitrogen and oxygen atoms in total. The molecule has 0 aliphatic rings. The molecule has 1 aromatic rings. The van der Waals surface area contributed by atoms with Crippen LogP contribution in [-0.2, 0) is 4.74 Å². The summed E-state index contributed by atoms with van der Waals surface area (Å²) in [6.07, 6.45) is 0.256. The van der Waals surface area contributed by atoms with Gasteiger partial charge in [-0.2, -0.15) is 5.26 Å². The summed E-state index contributed by atoms with van der Waals surface area (Å²) in [5.74, 6) is 0. The lowest BCUT2D eigenvalue weighted by Gasteiger charge is -2.12. The molecule has 1 atom stereocenters. The number of nitrogens with one attached hydrogen (secondary N) is 1. The molecule has 0 saturated heterocycles. The molecule has 1 rings (SSSR count). The largest absolute Gasteiger partial charge is 0.394 e. The monoisotopic (exact) mass is 264 g/mol. The third-order valence-electron chi connectivity index (χ3n) is 2.64. The van der Waals surface area contributed by atoms with E-state index in [1.165, 1.54) is 0 Å². The second-order valence-corrected chi connectivity index (χ2v) is 4.14. The van der Waals surface area contributed by atoms with Gasteiger partial charge < -0.3 is 20.3 Å². The number of aliphatic hydroxyl groups is 2. The van der Waals surface area contributed by atoms with Crippen LogP contribution in [0.5, 0.6) is 0 Å². The maximum absolute atomic E-state index is 9.92. The topological polar surface area (TPSA) is 85.5 Å². The van der Waals surface area contributed by atoms with Gasteiger partial charge in [0.15, 0.2) is 0 Å². The zero-order valence-electron chi connectivity index (χ0n) is 10.9. The Morgan fingerprint density at radius 3 is 2.63 bits per heavy atom. The third kappa shape index (κ3) is 6.32. The van der Waals surface area contributed by atoms with Crippen LogP contribution in [-0.4, -0.2) is 43.1 Å². The molecule has 1 aromatic carbocycles. The van der Waals surface area contributed by atoms with Crippen LogP contribution in [0.3, 0.4) is 0 Å². The Morgan fingerprint density at radius 1 is 1.26 bits per heavy atom. The molecule has 1 unspecified atom stereocenters. The summed E-state index contributed by atoms with van der Waals surface area (Å²) < 4.78 is 5.12. The van der Waals surface area contributed by atoms with Gasteiger partial charge in [-0.25, -0.2) is 0 Å². The number of nitriles is 1. The van der Waals surface area contributed by atoms with E-state index < -0.39 is 6.10 Å². The number of hydrogen-bond donors (Lipinski definition) is 3. The summed E-state index contributed by atoms with van der Waals surface area (Å²) in [6, 6.07) is 8.95. The maximum atomic E-state index is 9.92. The van der Waals surface area contributed by atoms with E-state index in [0.717, 1.165) is 18.5 Å². The molecule has 0 spiro atoms. The normalized spacial score (nSPS) is 12.1. The van der Waals surface area contributed by atoms with E-state index in [2.05, 4.69) is 5.32 Å². The summed E-state index contributed by atoms with van der Waals surface area (Å²) in [7, 11) is 0. The molecule has 3 N–H and O–H groups in total. The minimum atomic E-state index is -0.578. The van der Waals surface area contributed by atoms with E-state index in [4.69, 9.17) is 15.1 Å². The summed E-state index contributed by atoms with van der Waals surface area (Å²) in [6.45, 7) is 2.23. The SMILES string of the molecule is N#Cc1ccc(C(O)CNCCCOCCO)cc1. The molecule has 104 valence electrons. The Morgan fingerprint density at radius 2 is 2.00 bits per heavy atom. The van der Waals surface area contributed by atoms with Crippen LogP contribution in [0.4, 0.5) is 0 Å². The first-order valence-electron chi connectivity index (χ1n) is 6.35. The fourth-order valence-electron chi connectivity index (χ4n) is 1.60. The summed E-state index contributed by atoms with van der Waals surface area (Å²) in [5, 5.41) is 30.2. The van der Waals surface area contributed by atoms with E-state index in [9.17, 15) is 5.11 Å². The maximum Gasteiger partial charge on any atom is 0.0991 e. The Kier molecular flexibility index (Phi) is 7.78. The molecule has 5 heteroatoms. The summed E-state index contributed by atoms with van der Waals surface area (Å²) >= 11 is 0. The lowest BCUT2D eigenvalue weighted by molar-refractivity contribution is 0.0899. The van der Waals surface area contributed by atoms with Crippen molar-refractivity contribution in [1.82, 2.24) is 5.32 Å². The number of aliphatic hydroxyl groups excluding tert-OH is 2. The van der Waals surface area contributed by atoms with Crippen molar-refractivity contribution in [2.75, 3.05) is 32.9 Å². The third-order valence-corrected chi connectivity index (χ3v) is 2.64. The summed E-state index contributed by atoms with van der Waals surface area (Å²) in [5.41, 5.74) is 1.38. The molecular formula is C14H20N2O3. The van der Waals surface area contributed by atoms with Crippen LogP contribution in [0.25, 0.3) is 0 Å². The Balaban J connectivity index is 2.16. The van der Waals surface area contributed by atoms with Gasteiger partial charge in [0.1, 0.15) is 0 Å². The van der Waals surface area contributed by atoms with Crippen molar-refractivity contribution in [2.24, 2.45) is 0 Å². The van der Waals surface area contributed by atoms with E-state index in [0.29, 0.717) is 25.3 Å². The van der Waals surface area contributed by atoms with Gasteiger partial charge in [0, 0.05) is 13.2 Å². The quantitative estimate of drug-likeness (QED) is 0.568.